The molecular weight excluding hydrogens is 380 g/mol. The van der Waals surface area contributed by atoms with Gasteiger partial charge >= 0.3 is 0 Å². The van der Waals surface area contributed by atoms with Gasteiger partial charge in [-0.25, -0.2) is 0 Å². The Morgan fingerprint density at radius 3 is 2.43 bits per heavy atom. The Bertz CT molecular complexity index is 1190. The second kappa shape index (κ2) is 7.35. The van der Waals surface area contributed by atoms with E-state index in [0.29, 0.717) is 28.0 Å². The van der Waals surface area contributed by atoms with Crippen molar-refractivity contribution < 1.29 is 14.3 Å². The van der Waals surface area contributed by atoms with Crippen LogP contribution in [0, 0.1) is 0 Å². The Morgan fingerprint density at radius 2 is 1.67 bits per heavy atom. The molecule has 0 spiro atoms. The number of amides is 2. The van der Waals surface area contributed by atoms with E-state index in [9.17, 15) is 9.59 Å². The SMILES string of the molecule is COc1ccc(N2CCNCC2)cc1C1=C(c2c[nH]c3ccccc23)C(=O)NC1=O. The molecule has 2 aliphatic rings. The van der Waals surface area contributed by atoms with E-state index in [0.717, 1.165) is 42.8 Å². The van der Waals surface area contributed by atoms with Crippen LogP contribution in [0.15, 0.2) is 48.7 Å². The number of methoxy groups -OCH3 is 1. The smallest absolute Gasteiger partial charge is 0.259 e. The molecule has 0 atom stereocenters. The van der Waals surface area contributed by atoms with Crippen molar-refractivity contribution in [1.82, 2.24) is 15.6 Å². The summed E-state index contributed by atoms with van der Waals surface area (Å²) < 4.78 is 5.57. The first-order valence-corrected chi connectivity index (χ1v) is 9.98. The molecular formula is C23H22N4O3. The van der Waals surface area contributed by atoms with E-state index in [1.54, 1.807) is 13.3 Å². The number of hydrogen-bond acceptors (Lipinski definition) is 5. The molecule has 152 valence electrons. The molecule has 2 aliphatic heterocycles. The lowest BCUT2D eigenvalue weighted by molar-refractivity contribution is -0.122. The van der Waals surface area contributed by atoms with Gasteiger partial charge in [0.15, 0.2) is 0 Å². The van der Waals surface area contributed by atoms with Crippen LogP contribution in [-0.2, 0) is 9.59 Å². The topological polar surface area (TPSA) is 86.5 Å². The Labute approximate surface area is 173 Å². The fraction of sp³-hybridized carbons (Fsp3) is 0.217. The van der Waals surface area contributed by atoms with Crippen LogP contribution in [0.3, 0.4) is 0 Å². The number of fused-ring (bicyclic) bond motifs is 1. The number of benzene rings is 2. The summed E-state index contributed by atoms with van der Waals surface area (Å²) in [4.78, 5) is 31.2. The predicted octanol–water partition coefficient (Wildman–Crippen LogP) is 2.15. The Morgan fingerprint density at radius 1 is 0.933 bits per heavy atom. The molecule has 7 nitrogen and oxygen atoms in total. The fourth-order valence-corrected chi connectivity index (χ4v) is 4.26. The summed E-state index contributed by atoms with van der Waals surface area (Å²) >= 11 is 0. The Hall–Kier alpha value is -3.58. The van der Waals surface area contributed by atoms with Crippen molar-refractivity contribution >= 4 is 39.6 Å². The van der Waals surface area contributed by atoms with Crippen LogP contribution in [0.4, 0.5) is 5.69 Å². The quantitative estimate of drug-likeness (QED) is 0.582. The van der Waals surface area contributed by atoms with Crippen molar-refractivity contribution in [2.75, 3.05) is 38.2 Å². The minimum absolute atomic E-state index is 0.346. The maximum absolute atomic E-state index is 12.9. The van der Waals surface area contributed by atoms with Crippen LogP contribution in [0.25, 0.3) is 22.0 Å². The Kier molecular flexibility index (Phi) is 4.52. The number of aromatic nitrogens is 1. The first kappa shape index (κ1) is 18.4. The van der Waals surface area contributed by atoms with Gasteiger partial charge < -0.3 is 19.9 Å². The monoisotopic (exact) mass is 402 g/mol. The minimum atomic E-state index is -0.406. The van der Waals surface area contributed by atoms with Crippen molar-refractivity contribution in [1.29, 1.82) is 0 Å². The molecule has 0 saturated carbocycles. The molecule has 1 saturated heterocycles. The summed E-state index contributed by atoms with van der Waals surface area (Å²) in [6, 6.07) is 13.5. The van der Waals surface area contributed by atoms with E-state index in [1.165, 1.54) is 0 Å². The number of hydrogen-bond donors (Lipinski definition) is 3. The van der Waals surface area contributed by atoms with Gasteiger partial charge in [0.05, 0.1) is 18.3 Å². The van der Waals surface area contributed by atoms with Crippen molar-refractivity contribution in [2.45, 2.75) is 0 Å². The van der Waals surface area contributed by atoms with Gasteiger partial charge in [-0.15, -0.1) is 0 Å². The molecule has 0 unspecified atom stereocenters. The minimum Gasteiger partial charge on any atom is -0.496 e. The molecule has 1 fully saturated rings. The van der Waals surface area contributed by atoms with E-state index in [2.05, 4.69) is 20.5 Å². The molecule has 3 heterocycles. The van der Waals surface area contributed by atoms with E-state index >= 15 is 0 Å². The first-order valence-electron chi connectivity index (χ1n) is 9.98. The average Bonchev–Trinajstić information content (AvgIpc) is 3.33. The summed E-state index contributed by atoms with van der Waals surface area (Å²) in [5.41, 5.74) is 3.96. The lowest BCUT2D eigenvalue weighted by Crippen LogP contribution is -2.43. The molecule has 3 aromatic rings. The third-order valence-electron chi connectivity index (χ3n) is 5.72. The van der Waals surface area contributed by atoms with Gasteiger partial charge in [0.2, 0.25) is 0 Å². The van der Waals surface area contributed by atoms with Crippen molar-refractivity contribution in [2.24, 2.45) is 0 Å². The number of ether oxygens (including phenoxy) is 1. The van der Waals surface area contributed by atoms with Crippen LogP contribution >= 0.6 is 0 Å². The normalized spacial score (nSPS) is 17.0. The summed E-state index contributed by atoms with van der Waals surface area (Å²) in [7, 11) is 1.57. The van der Waals surface area contributed by atoms with Crippen LogP contribution in [0.1, 0.15) is 11.1 Å². The van der Waals surface area contributed by atoms with E-state index in [1.807, 2.05) is 42.5 Å². The molecule has 5 rings (SSSR count). The lowest BCUT2D eigenvalue weighted by Gasteiger charge is -2.30. The molecule has 2 aromatic carbocycles. The number of nitrogens with zero attached hydrogens (tertiary/aromatic N) is 1. The molecule has 2 amide bonds. The van der Waals surface area contributed by atoms with Gasteiger partial charge in [-0.05, 0) is 24.3 Å². The maximum atomic E-state index is 12.9. The lowest BCUT2D eigenvalue weighted by atomic mass is 9.94. The molecule has 0 aliphatic carbocycles. The molecule has 3 N–H and O–H groups in total. The van der Waals surface area contributed by atoms with E-state index < -0.39 is 11.8 Å². The van der Waals surface area contributed by atoms with Gasteiger partial charge in [0.25, 0.3) is 11.8 Å². The van der Waals surface area contributed by atoms with Crippen molar-refractivity contribution in [3.8, 4) is 5.75 Å². The van der Waals surface area contributed by atoms with Gasteiger partial charge in [-0.3, -0.25) is 14.9 Å². The second-order valence-electron chi connectivity index (χ2n) is 7.40. The van der Waals surface area contributed by atoms with Crippen LogP contribution in [-0.4, -0.2) is 50.1 Å². The fourth-order valence-electron chi connectivity index (χ4n) is 4.26. The zero-order valence-corrected chi connectivity index (χ0v) is 16.6. The highest BCUT2D eigenvalue weighted by atomic mass is 16.5. The van der Waals surface area contributed by atoms with Crippen LogP contribution in [0.5, 0.6) is 5.75 Å². The number of piperazine rings is 1. The third kappa shape index (κ3) is 2.95. The van der Waals surface area contributed by atoms with Crippen LogP contribution in [0.2, 0.25) is 0 Å². The number of carbonyl (C=O) groups is 2. The highest BCUT2D eigenvalue weighted by Gasteiger charge is 2.35. The number of rotatable bonds is 4. The number of carbonyl (C=O) groups excluding carboxylic acids is 2. The summed E-state index contributed by atoms with van der Waals surface area (Å²) in [5.74, 6) is -0.239. The number of aromatic amines is 1. The first-order chi connectivity index (χ1) is 14.7. The highest BCUT2D eigenvalue weighted by molar-refractivity contribution is 6.50. The maximum Gasteiger partial charge on any atom is 0.259 e. The number of imide groups is 1. The van der Waals surface area contributed by atoms with Gasteiger partial charge in [-0.2, -0.15) is 0 Å². The van der Waals surface area contributed by atoms with Gasteiger partial charge in [0.1, 0.15) is 5.75 Å². The zero-order chi connectivity index (χ0) is 20.7. The summed E-state index contributed by atoms with van der Waals surface area (Å²) in [6.45, 7) is 3.57. The third-order valence-corrected chi connectivity index (χ3v) is 5.72. The van der Waals surface area contributed by atoms with Gasteiger partial charge in [-0.1, -0.05) is 18.2 Å². The number of nitrogens with one attached hydrogen (secondary N) is 3. The van der Waals surface area contributed by atoms with E-state index in [4.69, 9.17) is 4.74 Å². The standard InChI is InChI=1S/C23H22N4O3/c1-30-19-7-6-14(27-10-8-24-9-11-27)12-16(19)20-21(23(29)26-22(20)28)17-13-25-18-5-3-2-4-15(17)18/h2-7,12-13,24-25H,8-11H2,1H3,(H,26,28,29). The Balaban J connectivity index is 1.71. The summed E-state index contributed by atoms with van der Waals surface area (Å²) in [5, 5.41) is 6.71. The number of H-pyrrole nitrogens is 1. The number of anilines is 1. The van der Waals surface area contributed by atoms with Crippen molar-refractivity contribution in [3.63, 3.8) is 0 Å². The largest absolute Gasteiger partial charge is 0.496 e. The highest BCUT2D eigenvalue weighted by Crippen LogP contribution is 2.39. The van der Waals surface area contributed by atoms with Crippen LogP contribution < -0.4 is 20.3 Å². The summed E-state index contributed by atoms with van der Waals surface area (Å²) in [6.07, 6.45) is 1.78. The molecule has 0 bridgehead atoms. The second-order valence-corrected chi connectivity index (χ2v) is 7.40. The van der Waals surface area contributed by atoms with Gasteiger partial charge in [0, 0.05) is 60.1 Å². The van der Waals surface area contributed by atoms with E-state index in [-0.39, 0.29) is 0 Å². The predicted molar refractivity (Wildman–Crippen MR) is 116 cm³/mol. The molecule has 7 heteroatoms. The molecule has 1 aromatic heterocycles. The molecule has 0 radical (unpaired) electrons. The average molecular weight is 402 g/mol. The number of para-hydroxylation sites is 1. The zero-order valence-electron chi connectivity index (χ0n) is 16.6. The van der Waals surface area contributed by atoms with Crippen molar-refractivity contribution in [3.05, 3.63) is 59.8 Å². The molecule has 30 heavy (non-hydrogen) atoms.